The Balaban J connectivity index is 1.39. The molecular formula is C24H16Br2Cl2FN3O2. The molecule has 0 aliphatic carbocycles. The molecular weight excluding hydrogens is 612 g/mol. The lowest BCUT2D eigenvalue weighted by molar-refractivity contribution is 0.102. The molecule has 0 saturated heterocycles. The van der Waals surface area contributed by atoms with Crippen molar-refractivity contribution < 1.29 is 13.9 Å². The highest BCUT2D eigenvalue weighted by Gasteiger charge is 2.14. The molecule has 0 fully saturated rings. The van der Waals surface area contributed by atoms with Gasteiger partial charge in [0.1, 0.15) is 18.2 Å². The summed E-state index contributed by atoms with van der Waals surface area (Å²) < 4.78 is 22.7. The van der Waals surface area contributed by atoms with Crippen molar-refractivity contribution in [3.63, 3.8) is 0 Å². The van der Waals surface area contributed by atoms with Gasteiger partial charge in [0.2, 0.25) is 0 Å². The molecule has 10 heteroatoms. The topological polar surface area (TPSA) is 56.2 Å². The number of aromatic nitrogens is 2. The molecule has 0 aliphatic rings. The summed E-state index contributed by atoms with van der Waals surface area (Å²) in [7, 11) is 0. The number of hydrogen-bond acceptors (Lipinski definition) is 3. The zero-order valence-electron chi connectivity index (χ0n) is 17.4. The molecule has 34 heavy (non-hydrogen) atoms. The van der Waals surface area contributed by atoms with Gasteiger partial charge in [-0.2, -0.15) is 5.10 Å². The standard InChI is InChI=1S/C24H16Br2Cl2FN3O2/c25-16-8-9-22(20(28)10-16)34-13-14-4-6-15(7-5-14)24(33)30-23-18(26)12-32(31-23)11-17-19(27)2-1-3-21(17)29/h1-10,12H,11,13H2,(H,30,31,33). The smallest absolute Gasteiger partial charge is 0.256 e. The molecule has 1 amide bonds. The maximum atomic E-state index is 14.1. The van der Waals surface area contributed by atoms with Crippen molar-refractivity contribution in [2.75, 3.05) is 5.32 Å². The lowest BCUT2D eigenvalue weighted by Crippen LogP contribution is -2.13. The van der Waals surface area contributed by atoms with E-state index in [2.05, 4.69) is 42.3 Å². The number of benzene rings is 3. The van der Waals surface area contributed by atoms with Gasteiger partial charge in [0.15, 0.2) is 5.82 Å². The van der Waals surface area contributed by atoms with Crippen LogP contribution in [-0.2, 0) is 13.2 Å². The van der Waals surface area contributed by atoms with E-state index in [0.29, 0.717) is 43.8 Å². The second kappa shape index (κ2) is 10.9. The van der Waals surface area contributed by atoms with Crippen molar-refractivity contribution in [2.24, 2.45) is 0 Å². The van der Waals surface area contributed by atoms with E-state index in [1.807, 2.05) is 6.07 Å². The Kier molecular flexibility index (Phi) is 7.93. The number of nitrogens with one attached hydrogen (secondary N) is 1. The first kappa shape index (κ1) is 24.7. The van der Waals surface area contributed by atoms with Gasteiger partial charge in [-0.05, 0) is 64.0 Å². The summed E-state index contributed by atoms with van der Waals surface area (Å²) in [5, 5.41) is 7.89. The third-order valence-electron chi connectivity index (χ3n) is 4.84. The minimum atomic E-state index is -0.420. The summed E-state index contributed by atoms with van der Waals surface area (Å²) in [5.74, 6) is 0.132. The zero-order valence-corrected chi connectivity index (χ0v) is 22.0. The normalized spacial score (nSPS) is 10.9. The zero-order chi connectivity index (χ0) is 24.2. The SMILES string of the molecule is O=C(Nc1nn(Cc2c(F)cccc2Cl)cc1Br)c1ccc(COc2ccc(Br)cc2Cl)cc1. The Labute approximate surface area is 222 Å². The molecule has 0 atom stereocenters. The van der Waals surface area contributed by atoms with Gasteiger partial charge in [-0.3, -0.25) is 9.48 Å². The van der Waals surface area contributed by atoms with E-state index in [-0.39, 0.29) is 12.5 Å². The van der Waals surface area contributed by atoms with Crippen molar-refractivity contribution in [3.05, 3.63) is 108 Å². The van der Waals surface area contributed by atoms with E-state index in [1.165, 1.54) is 10.7 Å². The predicted molar refractivity (Wildman–Crippen MR) is 138 cm³/mol. The molecule has 1 N–H and O–H groups in total. The van der Waals surface area contributed by atoms with Crippen molar-refractivity contribution in [1.29, 1.82) is 0 Å². The summed E-state index contributed by atoms with van der Waals surface area (Å²) in [5.41, 5.74) is 1.64. The van der Waals surface area contributed by atoms with Crippen LogP contribution in [0.1, 0.15) is 21.5 Å². The monoisotopic (exact) mass is 625 g/mol. The minimum Gasteiger partial charge on any atom is -0.487 e. The lowest BCUT2D eigenvalue weighted by Gasteiger charge is -2.09. The Morgan fingerprint density at radius 3 is 2.53 bits per heavy atom. The number of nitrogens with zero attached hydrogens (tertiary/aromatic N) is 2. The molecule has 1 aromatic heterocycles. The number of ether oxygens (including phenoxy) is 1. The molecule has 5 nitrogen and oxygen atoms in total. The molecule has 0 radical (unpaired) electrons. The Morgan fingerprint density at radius 2 is 1.82 bits per heavy atom. The first-order valence-corrected chi connectivity index (χ1v) is 12.3. The Bertz CT molecular complexity index is 1330. The van der Waals surface area contributed by atoms with Crippen LogP contribution < -0.4 is 10.1 Å². The number of carbonyl (C=O) groups is 1. The number of rotatable bonds is 7. The first-order chi connectivity index (χ1) is 16.3. The van der Waals surface area contributed by atoms with Crippen molar-refractivity contribution in [1.82, 2.24) is 9.78 Å². The van der Waals surface area contributed by atoms with Crippen LogP contribution in [-0.4, -0.2) is 15.7 Å². The number of carbonyl (C=O) groups excluding carboxylic acids is 1. The fourth-order valence-electron chi connectivity index (χ4n) is 3.09. The first-order valence-electron chi connectivity index (χ1n) is 9.94. The van der Waals surface area contributed by atoms with Crippen LogP contribution in [0.3, 0.4) is 0 Å². The van der Waals surface area contributed by atoms with Gasteiger partial charge in [0.05, 0.1) is 16.0 Å². The number of hydrogen-bond donors (Lipinski definition) is 1. The van der Waals surface area contributed by atoms with E-state index in [4.69, 9.17) is 27.9 Å². The van der Waals surface area contributed by atoms with Crippen LogP contribution in [0.4, 0.5) is 10.2 Å². The number of halogens is 5. The van der Waals surface area contributed by atoms with Gasteiger partial charge >= 0.3 is 0 Å². The van der Waals surface area contributed by atoms with Gasteiger partial charge < -0.3 is 10.1 Å². The van der Waals surface area contributed by atoms with Gasteiger partial charge in [0.25, 0.3) is 5.91 Å². The highest BCUT2D eigenvalue weighted by Crippen LogP contribution is 2.28. The summed E-state index contributed by atoms with van der Waals surface area (Å²) in [6, 6.07) is 16.9. The third-order valence-corrected chi connectivity index (χ3v) is 6.56. The average molecular weight is 628 g/mol. The maximum absolute atomic E-state index is 14.1. The van der Waals surface area contributed by atoms with E-state index < -0.39 is 5.82 Å². The van der Waals surface area contributed by atoms with Gasteiger partial charge in [-0.15, -0.1) is 0 Å². The predicted octanol–water partition coefficient (Wildman–Crippen LogP) is 7.73. The van der Waals surface area contributed by atoms with Crippen molar-refractivity contribution in [3.8, 4) is 5.75 Å². The summed E-state index contributed by atoms with van der Waals surface area (Å²) in [6.07, 6.45) is 1.64. The van der Waals surface area contributed by atoms with Crippen LogP contribution in [0.25, 0.3) is 0 Å². The average Bonchev–Trinajstić information content (AvgIpc) is 3.14. The van der Waals surface area contributed by atoms with Gasteiger partial charge in [0, 0.05) is 26.8 Å². The molecule has 0 aliphatic heterocycles. The molecule has 1 heterocycles. The van der Waals surface area contributed by atoms with Gasteiger partial charge in [-0.25, -0.2) is 4.39 Å². The molecule has 4 aromatic rings. The van der Waals surface area contributed by atoms with Crippen molar-refractivity contribution in [2.45, 2.75) is 13.2 Å². The van der Waals surface area contributed by atoms with Crippen LogP contribution >= 0.6 is 55.1 Å². The fourth-order valence-corrected chi connectivity index (χ4v) is 4.46. The highest BCUT2D eigenvalue weighted by molar-refractivity contribution is 9.10. The molecule has 0 unspecified atom stereocenters. The molecule has 3 aromatic carbocycles. The summed E-state index contributed by atoms with van der Waals surface area (Å²) in [4.78, 5) is 12.7. The van der Waals surface area contributed by atoms with E-state index in [0.717, 1.165) is 10.0 Å². The third kappa shape index (κ3) is 5.99. The summed E-state index contributed by atoms with van der Waals surface area (Å²) in [6.45, 7) is 0.425. The molecule has 0 bridgehead atoms. The molecule has 4 rings (SSSR count). The Hall–Kier alpha value is -2.39. The summed E-state index contributed by atoms with van der Waals surface area (Å²) >= 11 is 19.0. The number of amides is 1. The second-order valence-corrected chi connectivity index (χ2v) is 9.82. The fraction of sp³-hybridized carbons (Fsp3) is 0.0833. The van der Waals surface area contributed by atoms with E-state index in [1.54, 1.807) is 54.7 Å². The largest absolute Gasteiger partial charge is 0.487 e. The van der Waals surface area contributed by atoms with E-state index >= 15 is 0 Å². The van der Waals surface area contributed by atoms with E-state index in [9.17, 15) is 9.18 Å². The molecule has 174 valence electrons. The van der Waals surface area contributed by atoms with Crippen molar-refractivity contribution >= 4 is 66.8 Å². The van der Waals surface area contributed by atoms with Crippen LogP contribution in [0, 0.1) is 5.82 Å². The molecule has 0 saturated carbocycles. The molecule has 0 spiro atoms. The van der Waals surface area contributed by atoms with Crippen LogP contribution in [0.15, 0.2) is 75.8 Å². The van der Waals surface area contributed by atoms with Gasteiger partial charge in [-0.1, -0.05) is 57.3 Å². The highest BCUT2D eigenvalue weighted by atomic mass is 79.9. The minimum absolute atomic E-state index is 0.122. The quantitative estimate of drug-likeness (QED) is 0.228. The Morgan fingerprint density at radius 1 is 1.06 bits per heavy atom. The number of anilines is 1. The van der Waals surface area contributed by atoms with Crippen LogP contribution in [0.5, 0.6) is 5.75 Å². The maximum Gasteiger partial charge on any atom is 0.256 e. The second-order valence-electron chi connectivity index (χ2n) is 7.24. The lowest BCUT2D eigenvalue weighted by atomic mass is 10.1. The van der Waals surface area contributed by atoms with Crippen LogP contribution in [0.2, 0.25) is 10.0 Å².